The Bertz CT molecular complexity index is 668. The molecule has 0 atom stereocenters. The Labute approximate surface area is 221 Å². The average Bonchev–Trinajstić information content (AvgIpc) is 2.86. The van der Waals surface area contributed by atoms with Crippen LogP contribution >= 0.6 is 0 Å². The third-order valence-corrected chi connectivity index (χ3v) is 6.33. The lowest BCUT2D eigenvalue weighted by atomic mass is 10.3. The first-order valence-electron chi connectivity index (χ1n) is 13.5. The summed E-state index contributed by atoms with van der Waals surface area (Å²) in [5, 5.41) is 15.0. The molecule has 0 aromatic heterocycles. The Morgan fingerprint density at radius 3 is 1.92 bits per heavy atom. The van der Waals surface area contributed by atoms with Gasteiger partial charge in [-0.15, -0.1) is 0 Å². The summed E-state index contributed by atoms with van der Waals surface area (Å²) in [6, 6.07) is 0. The van der Waals surface area contributed by atoms with Gasteiger partial charge in [0.1, 0.15) is 6.29 Å². The van der Waals surface area contributed by atoms with Gasteiger partial charge in [-0.05, 0) is 13.0 Å². The number of rotatable bonds is 16. The first-order chi connectivity index (χ1) is 17.9. The summed E-state index contributed by atoms with van der Waals surface area (Å²) in [5.41, 5.74) is 0. The summed E-state index contributed by atoms with van der Waals surface area (Å²) in [7, 11) is 0. The van der Waals surface area contributed by atoms with Gasteiger partial charge in [0.25, 0.3) is 0 Å². The molecule has 12 heteroatoms. The average molecular weight is 529 g/mol. The van der Waals surface area contributed by atoms with E-state index < -0.39 is 5.97 Å². The number of carboxylic acids is 1. The van der Waals surface area contributed by atoms with Crippen LogP contribution in [0.2, 0.25) is 0 Å². The van der Waals surface area contributed by atoms with E-state index in [2.05, 4.69) is 39.2 Å². The lowest BCUT2D eigenvalue weighted by molar-refractivity contribution is -0.138. The SMILES string of the molecule is CCCCNC(=O)CCOCCNC(=O)CN1CCN(CC)CCN(CC=O)CCN(CC(=O)O)CC1. The molecule has 37 heavy (non-hydrogen) atoms. The van der Waals surface area contributed by atoms with E-state index in [9.17, 15) is 24.3 Å². The zero-order valence-electron chi connectivity index (χ0n) is 22.8. The van der Waals surface area contributed by atoms with Crippen molar-refractivity contribution >= 4 is 24.1 Å². The zero-order chi connectivity index (χ0) is 27.3. The van der Waals surface area contributed by atoms with Crippen LogP contribution in [-0.2, 0) is 23.9 Å². The molecule has 0 aliphatic carbocycles. The molecule has 12 nitrogen and oxygen atoms in total. The molecular weight excluding hydrogens is 480 g/mol. The Morgan fingerprint density at radius 2 is 1.35 bits per heavy atom. The van der Waals surface area contributed by atoms with Gasteiger partial charge in [-0.3, -0.25) is 29.1 Å². The van der Waals surface area contributed by atoms with Crippen LogP contribution < -0.4 is 10.6 Å². The topological polar surface area (TPSA) is 135 Å². The minimum absolute atomic E-state index is 0.0256. The molecule has 0 unspecified atom stereocenters. The number of aliphatic carboxylic acids is 1. The van der Waals surface area contributed by atoms with Crippen LogP contribution in [0.25, 0.3) is 0 Å². The fraction of sp³-hybridized carbons (Fsp3) is 0.840. The van der Waals surface area contributed by atoms with Gasteiger partial charge in [0.15, 0.2) is 0 Å². The molecule has 1 saturated heterocycles. The van der Waals surface area contributed by atoms with Crippen molar-refractivity contribution in [2.24, 2.45) is 0 Å². The van der Waals surface area contributed by atoms with Crippen LogP contribution in [0.3, 0.4) is 0 Å². The van der Waals surface area contributed by atoms with Crippen molar-refractivity contribution in [3.05, 3.63) is 0 Å². The third kappa shape index (κ3) is 17.1. The predicted octanol–water partition coefficient (Wildman–Crippen LogP) is -1.05. The highest BCUT2D eigenvalue weighted by Crippen LogP contribution is 2.01. The number of hydrogen-bond donors (Lipinski definition) is 3. The van der Waals surface area contributed by atoms with E-state index in [0.717, 1.165) is 45.3 Å². The van der Waals surface area contributed by atoms with E-state index >= 15 is 0 Å². The molecule has 1 aliphatic heterocycles. The maximum absolute atomic E-state index is 12.6. The molecule has 1 fully saturated rings. The Balaban J connectivity index is 2.50. The summed E-state index contributed by atoms with van der Waals surface area (Å²) in [4.78, 5) is 54.9. The minimum atomic E-state index is -0.895. The second-order valence-electron chi connectivity index (χ2n) is 9.26. The summed E-state index contributed by atoms with van der Waals surface area (Å²) in [6.45, 7) is 12.4. The molecule has 0 bridgehead atoms. The summed E-state index contributed by atoms with van der Waals surface area (Å²) >= 11 is 0. The Morgan fingerprint density at radius 1 is 0.784 bits per heavy atom. The van der Waals surface area contributed by atoms with Crippen LogP contribution in [0.4, 0.5) is 0 Å². The third-order valence-electron chi connectivity index (χ3n) is 6.33. The molecule has 1 rings (SSSR count). The van der Waals surface area contributed by atoms with E-state index in [1.54, 1.807) is 0 Å². The van der Waals surface area contributed by atoms with Crippen molar-refractivity contribution in [2.75, 3.05) is 105 Å². The highest BCUT2D eigenvalue weighted by atomic mass is 16.5. The zero-order valence-corrected chi connectivity index (χ0v) is 22.8. The monoisotopic (exact) mass is 528 g/mol. The van der Waals surface area contributed by atoms with E-state index in [-0.39, 0.29) is 24.9 Å². The first kappa shape index (κ1) is 32.9. The van der Waals surface area contributed by atoms with Crippen LogP contribution in [0, 0.1) is 0 Å². The molecule has 0 aromatic carbocycles. The van der Waals surface area contributed by atoms with Crippen molar-refractivity contribution in [1.29, 1.82) is 0 Å². The van der Waals surface area contributed by atoms with Crippen molar-refractivity contribution in [3.63, 3.8) is 0 Å². The number of aldehydes is 1. The van der Waals surface area contributed by atoms with Gasteiger partial charge in [-0.1, -0.05) is 20.3 Å². The Kier molecular flexibility index (Phi) is 18.6. The fourth-order valence-corrected chi connectivity index (χ4v) is 3.97. The fourth-order valence-electron chi connectivity index (χ4n) is 3.97. The van der Waals surface area contributed by atoms with E-state index in [4.69, 9.17) is 4.74 Å². The van der Waals surface area contributed by atoms with E-state index in [1.807, 2.05) is 4.90 Å². The summed E-state index contributed by atoms with van der Waals surface area (Å²) in [6.07, 6.45) is 3.19. The van der Waals surface area contributed by atoms with Crippen LogP contribution in [0.15, 0.2) is 0 Å². The van der Waals surface area contributed by atoms with E-state index in [1.165, 1.54) is 0 Å². The normalized spacial score (nSPS) is 17.5. The molecule has 0 spiro atoms. The Hall–Kier alpha value is -2.12. The lowest BCUT2D eigenvalue weighted by Crippen LogP contribution is -2.49. The highest BCUT2D eigenvalue weighted by Gasteiger charge is 2.18. The minimum Gasteiger partial charge on any atom is -0.480 e. The molecule has 3 N–H and O–H groups in total. The maximum atomic E-state index is 12.6. The number of ether oxygens (including phenoxy) is 1. The van der Waals surface area contributed by atoms with Crippen molar-refractivity contribution in [1.82, 2.24) is 30.2 Å². The number of carbonyl (C=O) groups is 4. The summed E-state index contributed by atoms with van der Waals surface area (Å²) in [5.74, 6) is -1.03. The predicted molar refractivity (Wildman–Crippen MR) is 141 cm³/mol. The largest absolute Gasteiger partial charge is 0.480 e. The molecule has 0 saturated carbocycles. The summed E-state index contributed by atoms with van der Waals surface area (Å²) < 4.78 is 5.47. The number of hydrogen-bond acceptors (Lipinski definition) is 9. The second kappa shape index (κ2) is 20.9. The number of unbranched alkanes of at least 4 members (excludes halogenated alkanes) is 1. The van der Waals surface area contributed by atoms with Gasteiger partial charge in [0.2, 0.25) is 11.8 Å². The quantitative estimate of drug-likeness (QED) is 0.168. The number of nitrogens with zero attached hydrogens (tertiary/aromatic N) is 4. The number of likely N-dealkylation sites (N-methyl/N-ethyl adjacent to an activating group) is 1. The lowest BCUT2D eigenvalue weighted by Gasteiger charge is -2.32. The standard InChI is InChI=1S/C25H48N6O6/c1-3-5-7-26-23(33)6-19-37-20-8-27-24(34)21-30-13-10-28(4-2)9-11-29(17-18-32)12-14-31(16-15-30)22-25(35)36/h18H,3-17,19-22H2,1-2H3,(H,26,33)(H,27,34)(H,35,36). The maximum Gasteiger partial charge on any atom is 0.317 e. The van der Waals surface area contributed by atoms with Crippen LogP contribution in [0.5, 0.6) is 0 Å². The van der Waals surface area contributed by atoms with Crippen LogP contribution in [-0.4, -0.2) is 154 Å². The van der Waals surface area contributed by atoms with Gasteiger partial charge in [-0.25, -0.2) is 0 Å². The molecule has 1 aliphatic rings. The second-order valence-corrected chi connectivity index (χ2v) is 9.26. The molecule has 2 amide bonds. The number of amides is 2. The smallest absolute Gasteiger partial charge is 0.317 e. The number of nitrogens with one attached hydrogen (secondary N) is 2. The molecule has 214 valence electrons. The molecule has 0 aromatic rings. The van der Waals surface area contributed by atoms with Gasteiger partial charge in [-0.2, -0.15) is 0 Å². The highest BCUT2D eigenvalue weighted by molar-refractivity contribution is 5.78. The van der Waals surface area contributed by atoms with Crippen LogP contribution in [0.1, 0.15) is 33.1 Å². The van der Waals surface area contributed by atoms with E-state index in [0.29, 0.717) is 72.0 Å². The van der Waals surface area contributed by atoms with Gasteiger partial charge < -0.3 is 30.2 Å². The van der Waals surface area contributed by atoms with Crippen molar-refractivity contribution < 1.29 is 29.0 Å². The van der Waals surface area contributed by atoms with Gasteiger partial charge in [0.05, 0.1) is 32.8 Å². The van der Waals surface area contributed by atoms with Gasteiger partial charge in [0, 0.05) is 71.9 Å². The molecule has 0 radical (unpaired) electrons. The molecular formula is C25H48N6O6. The molecule has 1 heterocycles. The first-order valence-corrected chi connectivity index (χ1v) is 13.5. The van der Waals surface area contributed by atoms with Gasteiger partial charge >= 0.3 is 5.97 Å². The van der Waals surface area contributed by atoms with Crippen molar-refractivity contribution in [3.8, 4) is 0 Å². The van der Waals surface area contributed by atoms with Crippen molar-refractivity contribution in [2.45, 2.75) is 33.1 Å². The number of carboxylic acid groups (broad SMARTS) is 1. The number of carbonyl (C=O) groups excluding carboxylic acids is 3.